The lowest BCUT2D eigenvalue weighted by Crippen LogP contribution is -2.72. The zero-order valence-electron chi connectivity index (χ0n) is 19.1. The van der Waals surface area contributed by atoms with Gasteiger partial charge in [0.15, 0.2) is 10.8 Å². The number of rotatable bonds is 8. The Kier molecular flexibility index (Phi) is 7.14. The molecule has 0 radical (unpaired) electrons. The number of carboxylic acid groups (broad SMARTS) is 1. The number of nitrogens with one attached hydrogen (secondary N) is 1. The van der Waals surface area contributed by atoms with E-state index in [1.807, 2.05) is 0 Å². The van der Waals surface area contributed by atoms with Crippen molar-refractivity contribution in [2.24, 2.45) is 5.16 Å². The Morgan fingerprint density at radius 2 is 2.12 bits per heavy atom. The molecule has 13 heteroatoms. The summed E-state index contributed by atoms with van der Waals surface area (Å²) >= 11 is 2.59. The second kappa shape index (κ2) is 9.92. The van der Waals surface area contributed by atoms with E-state index in [4.69, 9.17) is 10.6 Å². The maximum Gasteiger partial charge on any atom is 0.276 e. The molecule has 1 unspecified atom stereocenters. The van der Waals surface area contributed by atoms with Crippen LogP contribution >= 0.6 is 23.1 Å². The van der Waals surface area contributed by atoms with Gasteiger partial charge < -0.3 is 30.3 Å². The molecule has 4 heterocycles. The number of thioether (sulfide) groups is 1. The molecule has 2 saturated heterocycles. The molecular weight excluding hydrogens is 480 g/mol. The van der Waals surface area contributed by atoms with Gasteiger partial charge in [0.2, 0.25) is 0 Å². The number of hydrogen-bond acceptors (Lipinski definition) is 10. The summed E-state index contributed by atoms with van der Waals surface area (Å²) in [5.74, 6) is -2.04. The monoisotopic (exact) mass is 508 g/mol. The zero-order valence-corrected chi connectivity index (χ0v) is 20.7. The number of nitrogen functional groups attached to an aromatic ring is 1. The number of nitrogens with two attached hydrogens (primary N) is 1. The number of hydrogen-bond donors (Lipinski definition) is 2. The third kappa shape index (κ3) is 4.77. The normalized spacial score (nSPS) is 24.4. The first-order valence-corrected chi connectivity index (χ1v) is 13.1. The van der Waals surface area contributed by atoms with E-state index in [0.29, 0.717) is 17.9 Å². The van der Waals surface area contributed by atoms with Gasteiger partial charge in [-0.05, 0) is 26.2 Å². The van der Waals surface area contributed by atoms with Gasteiger partial charge >= 0.3 is 0 Å². The van der Waals surface area contributed by atoms with Crippen molar-refractivity contribution in [2.75, 3.05) is 44.8 Å². The van der Waals surface area contributed by atoms with Crippen molar-refractivity contribution in [3.05, 3.63) is 22.3 Å². The Hall–Kier alpha value is -2.64. The van der Waals surface area contributed by atoms with Crippen LogP contribution in [0, 0.1) is 0 Å². The van der Waals surface area contributed by atoms with Crippen molar-refractivity contribution in [3.8, 4) is 0 Å². The Balaban J connectivity index is 1.51. The van der Waals surface area contributed by atoms with Crippen LogP contribution in [-0.4, -0.2) is 88.3 Å². The number of aliphatic carboxylic acids is 1. The van der Waals surface area contributed by atoms with E-state index in [1.165, 1.54) is 23.1 Å². The standard InChI is InChI=1S/C21H28N6O5S2/c1-3-32-25-14(13-11-34-21(22)23-13)17(28)24-15-18(29)26-16(20(30)31)12(10-33-19(15)26)9-27(2)7-5-4-6-8-27/h11,15,19H,3-10H2,1-2H3,(H3-,22,23,24,28,30,31)/b25-14-/t15?,19-/m0/s1. The molecule has 184 valence electrons. The average Bonchev–Trinajstić information content (AvgIpc) is 3.23. The van der Waals surface area contributed by atoms with Gasteiger partial charge in [-0.3, -0.25) is 14.5 Å². The van der Waals surface area contributed by atoms with E-state index in [9.17, 15) is 19.5 Å². The van der Waals surface area contributed by atoms with Crippen molar-refractivity contribution in [2.45, 2.75) is 37.6 Å². The number of nitrogens with zero attached hydrogens (tertiary/aromatic N) is 4. The van der Waals surface area contributed by atoms with Gasteiger partial charge in [-0.2, -0.15) is 0 Å². The summed E-state index contributed by atoms with van der Waals surface area (Å²) < 4.78 is 0.757. The number of anilines is 1. The van der Waals surface area contributed by atoms with Crippen LogP contribution in [0.25, 0.3) is 0 Å². The van der Waals surface area contributed by atoms with Crippen molar-refractivity contribution in [1.29, 1.82) is 0 Å². The summed E-state index contributed by atoms with van der Waals surface area (Å²) in [5, 5.41) is 19.9. The Morgan fingerprint density at radius 3 is 2.74 bits per heavy atom. The maximum absolute atomic E-state index is 13.0. The number of likely N-dealkylation sites (N-methyl/N-ethyl adjacent to an activating group) is 1. The third-order valence-electron chi connectivity index (χ3n) is 6.26. The molecule has 0 saturated carbocycles. The van der Waals surface area contributed by atoms with Crippen LogP contribution in [0.15, 0.2) is 21.8 Å². The molecule has 2 fully saturated rings. The predicted molar refractivity (Wildman–Crippen MR) is 126 cm³/mol. The number of β-lactam (4-membered cyclic amide) rings is 1. The summed E-state index contributed by atoms with van der Waals surface area (Å²) in [5.41, 5.74) is 6.47. The van der Waals surface area contributed by atoms with E-state index < -0.39 is 29.2 Å². The van der Waals surface area contributed by atoms with Gasteiger partial charge in [0.25, 0.3) is 11.8 Å². The van der Waals surface area contributed by atoms with Gasteiger partial charge in [0.05, 0.1) is 31.8 Å². The molecule has 0 aromatic carbocycles. The number of carbonyl (C=O) groups is 3. The van der Waals surface area contributed by atoms with Crippen LogP contribution in [0.3, 0.4) is 0 Å². The van der Waals surface area contributed by atoms with Crippen molar-refractivity contribution < 1.29 is 28.8 Å². The van der Waals surface area contributed by atoms with E-state index in [0.717, 1.165) is 41.8 Å². The molecular formula is C21H28N6O5S2. The average molecular weight is 509 g/mol. The number of fused-ring (bicyclic) bond motifs is 1. The van der Waals surface area contributed by atoms with Crippen LogP contribution in [-0.2, 0) is 19.2 Å². The van der Waals surface area contributed by atoms with Gasteiger partial charge in [-0.15, -0.1) is 23.1 Å². The van der Waals surface area contributed by atoms with Crippen molar-refractivity contribution in [3.63, 3.8) is 0 Å². The second-order valence-corrected chi connectivity index (χ2v) is 10.8. The predicted octanol–water partition coefficient (Wildman–Crippen LogP) is -0.500. The minimum atomic E-state index is -1.36. The molecule has 3 aliphatic rings. The number of carboxylic acids is 1. The summed E-state index contributed by atoms with van der Waals surface area (Å²) in [4.78, 5) is 48.4. The van der Waals surface area contributed by atoms with Gasteiger partial charge in [0.1, 0.15) is 30.3 Å². The number of aromatic nitrogens is 1. The van der Waals surface area contributed by atoms with Crippen molar-refractivity contribution in [1.82, 2.24) is 15.2 Å². The first-order chi connectivity index (χ1) is 16.2. The number of quaternary nitrogens is 1. The molecule has 3 aliphatic heterocycles. The fourth-order valence-corrected chi connectivity index (χ4v) is 6.51. The second-order valence-electron chi connectivity index (χ2n) is 8.81. The highest BCUT2D eigenvalue weighted by atomic mass is 32.2. The van der Waals surface area contributed by atoms with E-state index >= 15 is 0 Å². The highest BCUT2D eigenvalue weighted by Gasteiger charge is 2.53. The van der Waals surface area contributed by atoms with Crippen LogP contribution in [0.4, 0.5) is 5.13 Å². The SMILES string of the molecule is CCO/N=C(\C(=O)NC1C(=O)N2C(C(=O)[O-])=C(C[N+]3(C)CCCCC3)CS[C@@H]12)c1csc(N)n1. The van der Waals surface area contributed by atoms with Crippen LogP contribution in [0.2, 0.25) is 0 Å². The summed E-state index contributed by atoms with van der Waals surface area (Å²) in [6.07, 6.45) is 3.39. The number of amides is 2. The summed E-state index contributed by atoms with van der Waals surface area (Å²) in [6.45, 7) is 4.49. The molecule has 1 aromatic heterocycles. The summed E-state index contributed by atoms with van der Waals surface area (Å²) in [7, 11) is 2.13. The fraction of sp³-hybridized carbons (Fsp3) is 0.571. The number of thiazole rings is 1. The lowest BCUT2D eigenvalue weighted by Gasteiger charge is -2.51. The molecule has 0 spiro atoms. The van der Waals surface area contributed by atoms with Gasteiger partial charge in [-0.1, -0.05) is 5.16 Å². The first kappa shape index (κ1) is 24.5. The molecule has 11 nitrogen and oxygen atoms in total. The van der Waals surface area contributed by atoms with Gasteiger partial charge in [-0.25, -0.2) is 4.98 Å². The lowest BCUT2D eigenvalue weighted by molar-refractivity contribution is -0.909. The largest absolute Gasteiger partial charge is 0.543 e. The molecule has 2 atom stereocenters. The molecule has 0 aliphatic carbocycles. The number of oxime groups is 1. The quantitative estimate of drug-likeness (QED) is 0.207. The topological polar surface area (TPSA) is 150 Å². The van der Waals surface area contributed by atoms with Crippen LogP contribution in [0.5, 0.6) is 0 Å². The van der Waals surface area contributed by atoms with E-state index in [1.54, 1.807) is 12.3 Å². The lowest BCUT2D eigenvalue weighted by atomic mass is 10.0. The Bertz CT molecular complexity index is 1050. The number of carbonyl (C=O) groups excluding carboxylic acids is 3. The molecule has 3 N–H and O–H groups in total. The smallest absolute Gasteiger partial charge is 0.276 e. The summed E-state index contributed by atoms with van der Waals surface area (Å²) in [6, 6.07) is -0.893. The third-order valence-corrected chi connectivity index (χ3v) is 8.27. The maximum atomic E-state index is 13.0. The minimum absolute atomic E-state index is 0.0559. The van der Waals surface area contributed by atoms with E-state index in [2.05, 4.69) is 22.5 Å². The van der Waals surface area contributed by atoms with Gasteiger partial charge in [0, 0.05) is 16.7 Å². The van der Waals surface area contributed by atoms with Crippen LogP contribution < -0.4 is 16.2 Å². The minimum Gasteiger partial charge on any atom is -0.543 e. The fourth-order valence-electron chi connectivity index (χ4n) is 4.63. The Labute approximate surface area is 205 Å². The molecule has 4 rings (SSSR count). The number of likely N-dealkylation sites (tertiary alicyclic amines) is 1. The van der Waals surface area contributed by atoms with Crippen LogP contribution in [0.1, 0.15) is 31.9 Å². The molecule has 34 heavy (non-hydrogen) atoms. The highest BCUT2D eigenvalue weighted by Crippen LogP contribution is 2.41. The highest BCUT2D eigenvalue weighted by molar-refractivity contribution is 8.00. The van der Waals surface area contributed by atoms with Crippen molar-refractivity contribution >= 4 is 51.7 Å². The molecule has 1 aromatic rings. The first-order valence-electron chi connectivity index (χ1n) is 11.2. The number of piperidine rings is 1. The molecule has 0 bridgehead atoms. The zero-order chi connectivity index (χ0) is 24.5. The Morgan fingerprint density at radius 1 is 1.38 bits per heavy atom. The van der Waals surface area contributed by atoms with E-state index in [-0.39, 0.29) is 28.8 Å². The molecule has 2 amide bonds.